The van der Waals surface area contributed by atoms with E-state index < -0.39 is 0 Å². The Kier molecular flexibility index (Phi) is 3.22. The average Bonchev–Trinajstić information content (AvgIpc) is 3.04. The van der Waals surface area contributed by atoms with E-state index in [9.17, 15) is 10.5 Å². The minimum Gasteiger partial charge on any atom is -0.308 e. The molecular formula is C24H13N3. The molecule has 27 heavy (non-hydrogen) atoms. The first-order valence-electron chi connectivity index (χ1n) is 8.67. The van der Waals surface area contributed by atoms with Crippen LogP contribution in [0.5, 0.6) is 0 Å². The molecule has 0 spiro atoms. The van der Waals surface area contributed by atoms with Crippen LogP contribution in [-0.2, 0) is 0 Å². The molecule has 5 aromatic rings. The van der Waals surface area contributed by atoms with Crippen LogP contribution in [0.25, 0.3) is 38.3 Å². The van der Waals surface area contributed by atoms with Gasteiger partial charge >= 0.3 is 0 Å². The first kappa shape index (κ1) is 15.2. The molecule has 0 aliphatic carbocycles. The molecule has 124 valence electrons. The van der Waals surface area contributed by atoms with Gasteiger partial charge < -0.3 is 4.57 Å². The molecular weight excluding hydrogens is 330 g/mol. The molecule has 0 saturated carbocycles. The van der Waals surface area contributed by atoms with Crippen molar-refractivity contribution < 1.29 is 0 Å². The number of rotatable bonds is 1. The summed E-state index contributed by atoms with van der Waals surface area (Å²) in [5.41, 5.74) is 3.58. The predicted octanol–water partition coefficient (Wildman–Crippen LogP) is 5.68. The molecule has 4 aromatic carbocycles. The van der Waals surface area contributed by atoms with Crippen LogP contribution in [0.2, 0.25) is 0 Å². The van der Waals surface area contributed by atoms with E-state index in [0.717, 1.165) is 32.9 Å². The minimum atomic E-state index is 0.390. The number of hydrogen-bond donors (Lipinski definition) is 0. The Bertz CT molecular complexity index is 1440. The summed E-state index contributed by atoms with van der Waals surface area (Å²) in [6, 6.07) is 30.6. The van der Waals surface area contributed by atoms with E-state index in [2.05, 4.69) is 53.1 Å². The first-order chi connectivity index (χ1) is 13.3. The monoisotopic (exact) mass is 343 g/mol. The molecule has 1 aromatic heterocycles. The van der Waals surface area contributed by atoms with E-state index in [0.29, 0.717) is 11.1 Å². The van der Waals surface area contributed by atoms with Crippen molar-refractivity contribution in [3.63, 3.8) is 0 Å². The summed E-state index contributed by atoms with van der Waals surface area (Å²) >= 11 is 0. The predicted molar refractivity (Wildman–Crippen MR) is 108 cm³/mol. The van der Waals surface area contributed by atoms with Crippen molar-refractivity contribution in [3.05, 3.63) is 90.0 Å². The molecule has 0 aliphatic rings. The fraction of sp³-hybridized carbons (Fsp3) is 0. The van der Waals surface area contributed by atoms with Crippen molar-refractivity contribution in [2.45, 2.75) is 0 Å². The van der Waals surface area contributed by atoms with Gasteiger partial charge in [0.1, 0.15) is 12.1 Å². The molecule has 1 heterocycles. The maximum Gasteiger partial charge on any atom is 0.103 e. The van der Waals surface area contributed by atoms with Gasteiger partial charge in [0.25, 0.3) is 0 Å². The van der Waals surface area contributed by atoms with Crippen LogP contribution in [0.3, 0.4) is 0 Å². The van der Waals surface area contributed by atoms with Gasteiger partial charge in [-0.25, -0.2) is 0 Å². The highest BCUT2D eigenvalue weighted by Crippen LogP contribution is 2.35. The van der Waals surface area contributed by atoms with Crippen molar-refractivity contribution in [1.82, 2.24) is 4.57 Å². The SMILES string of the molecule is N#Cc1cccc(-n2c3ccccc3c3cc4ccccc4cc32)c1C#N. The quantitative estimate of drug-likeness (QED) is 0.393. The van der Waals surface area contributed by atoms with Crippen LogP contribution < -0.4 is 0 Å². The molecule has 0 N–H and O–H groups in total. The lowest BCUT2D eigenvalue weighted by Crippen LogP contribution is -1.99. The molecule has 3 heteroatoms. The summed E-state index contributed by atoms with van der Waals surface area (Å²) in [4.78, 5) is 0. The third-order valence-electron chi connectivity index (χ3n) is 5.06. The fourth-order valence-electron chi connectivity index (χ4n) is 3.85. The highest BCUT2D eigenvalue weighted by atomic mass is 15.0. The van der Waals surface area contributed by atoms with Crippen LogP contribution in [0.4, 0.5) is 0 Å². The fourth-order valence-corrected chi connectivity index (χ4v) is 3.85. The third kappa shape index (κ3) is 2.13. The molecule has 0 fully saturated rings. The zero-order valence-corrected chi connectivity index (χ0v) is 14.3. The van der Waals surface area contributed by atoms with Gasteiger partial charge in [-0.1, -0.05) is 48.5 Å². The van der Waals surface area contributed by atoms with Gasteiger partial charge in [0.05, 0.1) is 27.8 Å². The Labute approximate surface area is 155 Å². The Hall–Kier alpha value is -4.08. The lowest BCUT2D eigenvalue weighted by molar-refractivity contribution is 1.16. The highest BCUT2D eigenvalue weighted by Gasteiger charge is 2.17. The molecule has 0 aliphatic heterocycles. The Balaban J connectivity index is 2.02. The van der Waals surface area contributed by atoms with E-state index in [1.54, 1.807) is 6.07 Å². The molecule has 0 saturated heterocycles. The maximum absolute atomic E-state index is 9.73. The van der Waals surface area contributed by atoms with Crippen molar-refractivity contribution >= 4 is 32.6 Å². The first-order valence-corrected chi connectivity index (χ1v) is 8.67. The zero-order chi connectivity index (χ0) is 18.4. The van der Waals surface area contributed by atoms with Gasteiger partial charge in [0, 0.05) is 10.8 Å². The Morgan fingerprint density at radius 3 is 2.15 bits per heavy atom. The van der Waals surface area contributed by atoms with E-state index in [1.807, 2.05) is 36.4 Å². The minimum absolute atomic E-state index is 0.390. The molecule has 0 bridgehead atoms. The van der Waals surface area contributed by atoms with Crippen molar-refractivity contribution in [2.75, 3.05) is 0 Å². The lowest BCUT2D eigenvalue weighted by atomic mass is 10.1. The van der Waals surface area contributed by atoms with Crippen LogP contribution in [0.1, 0.15) is 11.1 Å². The van der Waals surface area contributed by atoms with Crippen LogP contribution in [-0.4, -0.2) is 4.57 Å². The zero-order valence-electron chi connectivity index (χ0n) is 14.3. The normalized spacial score (nSPS) is 10.9. The topological polar surface area (TPSA) is 52.5 Å². The number of hydrogen-bond acceptors (Lipinski definition) is 2. The Morgan fingerprint density at radius 1 is 0.630 bits per heavy atom. The number of para-hydroxylation sites is 1. The maximum atomic E-state index is 9.73. The molecule has 0 unspecified atom stereocenters. The lowest BCUT2D eigenvalue weighted by Gasteiger charge is -2.11. The van der Waals surface area contributed by atoms with E-state index in [-0.39, 0.29) is 0 Å². The largest absolute Gasteiger partial charge is 0.308 e. The number of nitrogens with zero attached hydrogens (tertiary/aromatic N) is 3. The highest BCUT2D eigenvalue weighted by molar-refractivity contribution is 6.13. The number of benzene rings is 4. The van der Waals surface area contributed by atoms with Crippen molar-refractivity contribution in [2.24, 2.45) is 0 Å². The van der Waals surface area contributed by atoms with E-state index in [4.69, 9.17) is 0 Å². The average molecular weight is 343 g/mol. The van der Waals surface area contributed by atoms with E-state index in [1.165, 1.54) is 5.39 Å². The van der Waals surface area contributed by atoms with Crippen LogP contribution in [0, 0.1) is 22.7 Å². The summed E-state index contributed by atoms with van der Waals surface area (Å²) in [7, 11) is 0. The van der Waals surface area contributed by atoms with Gasteiger partial charge in [-0.3, -0.25) is 0 Å². The van der Waals surface area contributed by atoms with Crippen LogP contribution in [0.15, 0.2) is 78.9 Å². The molecule has 0 radical (unpaired) electrons. The molecule has 3 nitrogen and oxygen atoms in total. The molecule has 0 amide bonds. The van der Waals surface area contributed by atoms with Gasteiger partial charge in [-0.15, -0.1) is 0 Å². The summed E-state index contributed by atoms with van der Waals surface area (Å²) < 4.78 is 2.09. The summed E-state index contributed by atoms with van der Waals surface area (Å²) in [6.45, 7) is 0. The number of nitriles is 2. The molecule has 0 atom stereocenters. The van der Waals surface area contributed by atoms with Crippen molar-refractivity contribution in [1.29, 1.82) is 10.5 Å². The molecule has 5 rings (SSSR count). The van der Waals surface area contributed by atoms with Crippen molar-refractivity contribution in [3.8, 4) is 17.8 Å². The smallest absolute Gasteiger partial charge is 0.103 e. The third-order valence-corrected chi connectivity index (χ3v) is 5.06. The Morgan fingerprint density at radius 2 is 1.37 bits per heavy atom. The second-order valence-corrected chi connectivity index (χ2v) is 6.49. The van der Waals surface area contributed by atoms with E-state index >= 15 is 0 Å². The standard InChI is InChI=1S/C24H13N3/c25-14-18-8-5-11-23(21(18)15-26)27-22-10-4-3-9-19(22)20-12-16-6-1-2-7-17(16)13-24(20)27/h1-13H. The van der Waals surface area contributed by atoms with Crippen LogP contribution >= 0.6 is 0 Å². The summed E-state index contributed by atoms with van der Waals surface area (Å²) in [5, 5.41) is 23.7. The van der Waals surface area contributed by atoms with Gasteiger partial charge in [-0.05, 0) is 41.1 Å². The van der Waals surface area contributed by atoms with Gasteiger partial charge in [-0.2, -0.15) is 10.5 Å². The van der Waals surface area contributed by atoms with Gasteiger partial charge in [0.15, 0.2) is 0 Å². The second kappa shape index (κ2) is 5.73. The second-order valence-electron chi connectivity index (χ2n) is 6.49. The number of aromatic nitrogens is 1. The van der Waals surface area contributed by atoms with Gasteiger partial charge in [0.2, 0.25) is 0 Å². The number of fused-ring (bicyclic) bond motifs is 4. The summed E-state index contributed by atoms with van der Waals surface area (Å²) in [6.07, 6.45) is 0. The summed E-state index contributed by atoms with van der Waals surface area (Å²) in [5.74, 6) is 0.